The van der Waals surface area contributed by atoms with Crippen LogP contribution in [0, 0.1) is 0 Å². The Hall–Kier alpha value is -4.43. The summed E-state index contributed by atoms with van der Waals surface area (Å²) >= 11 is 0. The average molecular weight is 890 g/mol. The molecule has 6 aromatic rings. The van der Waals surface area contributed by atoms with E-state index in [0.717, 1.165) is 27.6 Å². The third kappa shape index (κ3) is 10.9. The zero-order valence-corrected chi connectivity index (χ0v) is 39.2. The zero-order chi connectivity index (χ0) is 44.4. The zero-order valence-electron chi connectivity index (χ0n) is 37.4. The number of hydrogen-bond acceptors (Lipinski definition) is 8. The lowest BCUT2D eigenvalue weighted by Crippen LogP contribution is -2.62. The summed E-state index contributed by atoms with van der Waals surface area (Å²) in [6.45, 7) is 15.2. The van der Waals surface area contributed by atoms with Gasteiger partial charge in [-0.1, -0.05) is 169 Å². The molecule has 1 saturated heterocycles. The van der Waals surface area contributed by atoms with Gasteiger partial charge in [-0.3, -0.25) is 0 Å². The summed E-state index contributed by atoms with van der Waals surface area (Å²) in [5.41, 5.74) is 5.57. The molecule has 1 aliphatic rings. The average Bonchev–Trinajstić information content (AvgIpc) is 3.68. The van der Waals surface area contributed by atoms with Gasteiger partial charge in [-0.25, -0.2) is 12.4 Å². The highest BCUT2D eigenvalue weighted by Crippen LogP contribution is 2.43. The van der Waals surface area contributed by atoms with Gasteiger partial charge in [-0.15, -0.1) is 0 Å². The van der Waals surface area contributed by atoms with E-state index in [1.165, 1.54) is 3.97 Å². The SMILES string of the molecule is CC(C)[Si](OC[C@@H]1O[C@H](OCCc2cn(S(=O)(=O)c3ccccc3)c3ccccc23)[C@H](OCc2ccccc2)[C@H](OCc2ccccc2)[C@H]1OCc1ccccc1)(C(C)C)C(C)C. The Bertz CT molecular complexity index is 2390. The van der Waals surface area contributed by atoms with Gasteiger partial charge in [0.25, 0.3) is 10.0 Å². The number of hydrogen-bond donors (Lipinski definition) is 0. The fourth-order valence-corrected chi connectivity index (χ4v) is 16.2. The van der Waals surface area contributed by atoms with E-state index in [1.807, 2.05) is 97.1 Å². The molecule has 9 nitrogen and oxygen atoms in total. The molecule has 0 radical (unpaired) electrons. The van der Waals surface area contributed by atoms with Crippen LogP contribution in [0.1, 0.15) is 63.8 Å². The summed E-state index contributed by atoms with van der Waals surface area (Å²) in [6.07, 6.45) is -1.26. The first kappa shape index (κ1) is 46.6. The van der Waals surface area contributed by atoms with Crippen molar-refractivity contribution in [2.24, 2.45) is 0 Å². The van der Waals surface area contributed by atoms with E-state index < -0.39 is 49.0 Å². The van der Waals surface area contributed by atoms with Crippen LogP contribution in [0.15, 0.2) is 157 Å². The Morgan fingerprint density at radius 1 is 0.571 bits per heavy atom. The molecule has 2 heterocycles. The molecule has 11 heteroatoms. The summed E-state index contributed by atoms with van der Waals surface area (Å²) in [6, 6.07) is 46.4. The summed E-state index contributed by atoms with van der Waals surface area (Å²) in [5, 5.41) is 0.837. The van der Waals surface area contributed by atoms with Crippen molar-refractivity contribution in [1.82, 2.24) is 3.97 Å². The van der Waals surface area contributed by atoms with Crippen molar-refractivity contribution in [3.05, 3.63) is 174 Å². The molecule has 0 bridgehead atoms. The number of para-hydroxylation sites is 1. The monoisotopic (exact) mass is 889 g/mol. The predicted molar refractivity (Wildman–Crippen MR) is 251 cm³/mol. The Morgan fingerprint density at radius 2 is 1.03 bits per heavy atom. The van der Waals surface area contributed by atoms with Crippen LogP contribution in [0.2, 0.25) is 16.6 Å². The van der Waals surface area contributed by atoms with Gasteiger partial charge < -0.3 is 28.1 Å². The van der Waals surface area contributed by atoms with Crippen molar-refractivity contribution >= 4 is 29.2 Å². The minimum Gasteiger partial charge on any atom is -0.413 e. The lowest BCUT2D eigenvalue weighted by Gasteiger charge is -2.48. The summed E-state index contributed by atoms with van der Waals surface area (Å²) < 4.78 is 71.3. The fourth-order valence-electron chi connectivity index (χ4n) is 9.35. The van der Waals surface area contributed by atoms with E-state index in [0.29, 0.717) is 55.0 Å². The van der Waals surface area contributed by atoms with Crippen LogP contribution >= 0.6 is 0 Å². The molecule has 5 atom stereocenters. The maximum Gasteiger partial charge on any atom is 0.268 e. The van der Waals surface area contributed by atoms with E-state index in [-0.39, 0.29) is 11.5 Å². The first-order valence-corrected chi connectivity index (χ1v) is 25.8. The van der Waals surface area contributed by atoms with Gasteiger partial charge in [-0.2, -0.15) is 0 Å². The van der Waals surface area contributed by atoms with Crippen LogP contribution in [0.3, 0.4) is 0 Å². The molecule has 1 fully saturated rings. The molecule has 1 aliphatic heterocycles. The number of ether oxygens (including phenoxy) is 5. The highest BCUT2D eigenvalue weighted by molar-refractivity contribution is 7.90. The van der Waals surface area contributed by atoms with Crippen molar-refractivity contribution < 1.29 is 36.5 Å². The predicted octanol–water partition coefficient (Wildman–Crippen LogP) is 11.1. The molecule has 0 spiro atoms. The molecule has 0 unspecified atom stereocenters. The molecule has 63 heavy (non-hydrogen) atoms. The molecule has 0 saturated carbocycles. The van der Waals surface area contributed by atoms with Crippen LogP contribution in [0.4, 0.5) is 0 Å². The third-order valence-corrected chi connectivity index (χ3v) is 20.1. The largest absolute Gasteiger partial charge is 0.413 e. The number of fused-ring (bicyclic) bond motifs is 1. The van der Waals surface area contributed by atoms with E-state index in [4.69, 9.17) is 28.1 Å². The maximum atomic E-state index is 13.9. The second kappa shape index (κ2) is 21.5. The number of benzene rings is 5. The second-order valence-electron chi connectivity index (χ2n) is 17.4. The molecule has 0 aliphatic carbocycles. The van der Waals surface area contributed by atoms with Gasteiger partial charge in [0.1, 0.15) is 24.4 Å². The van der Waals surface area contributed by atoms with Gasteiger partial charge in [0, 0.05) is 11.6 Å². The van der Waals surface area contributed by atoms with Gasteiger partial charge in [-0.05, 0) is 63.5 Å². The minimum absolute atomic E-state index is 0.215. The van der Waals surface area contributed by atoms with Crippen LogP contribution in [0.25, 0.3) is 10.9 Å². The standard InChI is InChI=1S/C52H63NO8SSi/c1-38(2)63(39(3)4,40(5)6)60-37-48-49(57-34-41-21-11-7-12-22-41)50(58-35-42-23-13-8-14-24-42)51(59-36-43-25-15-9-16-26-43)52(61-48)56-32-31-44-33-53(47-30-20-19-29-46(44)47)62(54,55)45-27-17-10-18-28-45/h7-30,33,38-40,48-52H,31-32,34-37H2,1-6H3/t48-,49-,50+,51+,52-/m0/s1. The van der Waals surface area contributed by atoms with E-state index in [2.05, 4.69) is 65.8 Å². The Balaban J connectivity index is 1.24. The van der Waals surface area contributed by atoms with Crippen molar-refractivity contribution in [2.75, 3.05) is 13.2 Å². The fraction of sp³-hybridized carbons (Fsp3) is 0.385. The van der Waals surface area contributed by atoms with Gasteiger partial charge in [0.05, 0.1) is 43.4 Å². The van der Waals surface area contributed by atoms with Gasteiger partial charge in [0.2, 0.25) is 0 Å². The molecule has 1 aromatic heterocycles. The number of rotatable bonds is 21. The van der Waals surface area contributed by atoms with E-state index >= 15 is 0 Å². The van der Waals surface area contributed by atoms with Crippen LogP contribution in [-0.4, -0.2) is 64.6 Å². The van der Waals surface area contributed by atoms with E-state index in [9.17, 15) is 8.42 Å². The van der Waals surface area contributed by atoms with Crippen LogP contribution in [-0.2, 0) is 64.4 Å². The molecule has 334 valence electrons. The maximum absolute atomic E-state index is 13.9. The van der Waals surface area contributed by atoms with E-state index in [1.54, 1.807) is 30.5 Å². The second-order valence-corrected chi connectivity index (χ2v) is 24.6. The molecule has 0 N–H and O–H groups in total. The molecule has 0 amide bonds. The van der Waals surface area contributed by atoms with Crippen molar-refractivity contribution in [3.63, 3.8) is 0 Å². The lowest BCUT2D eigenvalue weighted by molar-refractivity contribution is -0.326. The van der Waals surface area contributed by atoms with Crippen molar-refractivity contribution in [2.45, 2.75) is 120 Å². The van der Waals surface area contributed by atoms with Gasteiger partial charge >= 0.3 is 0 Å². The lowest BCUT2D eigenvalue weighted by atomic mass is 9.97. The van der Waals surface area contributed by atoms with Crippen molar-refractivity contribution in [3.8, 4) is 0 Å². The third-order valence-electron chi connectivity index (χ3n) is 12.4. The van der Waals surface area contributed by atoms with Crippen LogP contribution in [0.5, 0.6) is 0 Å². The molecule has 5 aromatic carbocycles. The first-order chi connectivity index (χ1) is 30.5. The topological polar surface area (TPSA) is 94.5 Å². The smallest absolute Gasteiger partial charge is 0.268 e. The van der Waals surface area contributed by atoms with Crippen LogP contribution < -0.4 is 0 Å². The Labute approximate surface area is 375 Å². The number of nitrogens with zero attached hydrogens (tertiary/aromatic N) is 1. The molecular formula is C52H63NO8SSi. The molecule has 7 rings (SSSR count). The Morgan fingerprint density at radius 3 is 1.56 bits per heavy atom. The van der Waals surface area contributed by atoms with Gasteiger partial charge in [0.15, 0.2) is 14.6 Å². The summed E-state index contributed by atoms with van der Waals surface area (Å²) in [5.74, 6) is 0. The minimum atomic E-state index is -3.86. The normalized spacial score (nSPS) is 19.7. The highest BCUT2D eigenvalue weighted by Gasteiger charge is 2.51. The summed E-state index contributed by atoms with van der Waals surface area (Å²) in [7, 11) is -6.21. The summed E-state index contributed by atoms with van der Waals surface area (Å²) in [4.78, 5) is 0.223. The van der Waals surface area contributed by atoms with Crippen molar-refractivity contribution in [1.29, 1.82) is 0 Å². The Kier molecular flexibility index (Phi) is 15.9. The first-order valence-electron chi connectivity index (χ1n) is 22.3. The molecular weight excluding hydrogens is 827 g/mol. The number of aromatic nitrogens is 1. The quantitative estimate of drug-likeness (QED) is 0.0660. The highest BCUT2D eigenvalue weighted by atomic mass is 32.2.